The molecule has 1 fully saturated rings. The summed E-state index contributed by atoms with van der Waals surface area (Å²) in [5, 5.41) is 3.34. The number of nitrogens with one attached hydrogen (secondary N) is 1. The minimum Gasteiger partial charge on any atom is -0.357 e. The van der Waals surface area contributed by atoms with Gasteiger partial charge in [0.2, 0.25) is 0 Å². The maximum absolute atomic E-state index is 13.0. The maximum Gasteiger partial charge on any atom is 0.193 e. The molecule has 1 unspecified atom stereocenters. The van der Waals surface area contributed by atoms with E-state index in [4.69, 9.17) is 4.99 Å². The summed E-state index contributed by atoms with van der Waals surface area (Å²) in [7, 11) is 4.18. The SMILES string of the molecule is CCNC(=NCC1CCN(C)C1)N(C)Cc1ccc(F)cc1.I. The van der Waals surface area contributed by atoms with Crippen LogP contribution in [0, 0.1) is 11.7 Å². The number of hydrogen-bond acceptors (Lipinski definition) is 2. The monoisotopic (exact) mass is 434 g/mol. The molecule has 4 nitrogen and oxygen atoms in total. The first-order chi connectivity index (χ1) is 10.6. The van der Waals surface area contributed by atoms with Crippen LogP contribution in [0.5, 0.6) is 0 Å². The quantitative estimate of drug-likeness (QED) is 0.440. The summed E-state index contributed by atoms with van der Waals surface area (Å²) in [6, 6.07) is 6.64. The van der Waals surface area contributed by atoms with E-state index in [0.717, 1.165) is 37.7 Å². The zero-order valence-corrected chi connectivity index (χ0v) is 16.6. The normalized spacial score (nSPS) is 18.6. The highest BCUT2D eigenvalue weighted by atomic mass is 127. The van der Waals surface area contributed by atoms with Crippen molar-refractivity contribution in [2.75, 3.05) is 40.3 Å². The lowest BCUT2D eigenvalue weighted by atomic mass is 10.1. The van der Waals surface area contributed by atoms with Crippen LogP contribution in [-0.4, -0.2) is 56.0 Å². The van der Waals surface area contributed by atoms with Crippen molar-refractivity contribution >= 4 is 29.9 Å². The molecule has 1 saturated heterocycles. The van der Waals surface area contributed by atoms with Crippen molar-refractivity contribution < 1.29 is 4.39 Å². The third-order valence-electron chi connectivity index (χ3n) is 4.02. The Morgan fingerprint density at radius 3 is 2.65 bits per heavy atom. The van der Waals surface area contributed by atoms with Gasteiger partial charge in [0.25, 0.3) is 0 Å². The molecule has 0 spiro atoms. The fourth-order valence-corrected chi connectivity index (χ4v) is 2.80. The van der Waals surface area contributed by atoms with Gasteiger partial charge >= 0.3 is 0 Å². The van der Waals surface area contributed by atoms with Crippen LogP contribution in [-0.2, 0) is 6.54 Å². The first-order valence-electron chi connectivity index (χ1n) is 8.01. The van der Waals surface area contributed by atoms with Gasteiger partial charge in [-0.2, -0.15) is 0 Å². The van der Waals surface area contributed by atoms with E-state index in [9.17, 15) is 4.39 Å². The molecule has 0 aromatic heterocycles. The summed E-state index contributed by atoms with van der Waals surface area (Å²) >= 11 is 0. The topological polar surface area (TPSA) is 30.9 Å². The van der Waals surface area contributed by atoms with Crippen LogP contribution in [0.3, 0.4) is 0 Å². The zero-order valence-electron chi connectivity index (χ0n) is 14.3. The molecule has 0 aliphatic carbocycles. The number of benzene rings is 1. The molecular weight excluding hydrogens is 406 g/mol. The predicted molar refractivity (Wildman–Crippen MR) is 105 cm³/mol. The van der Waals surface area contributed by atoms with E-state index in [1.54, 1.807) is 0 Å². The van der Waals surface area contributed by atoms with Gasteiger partial charge in [0.15, 0.2) is 5.96 Å². The summed E-state index contributed by atoms with van der Waals surface area (Å²) in [4.78, 5) is 9.22. The summed E-state index contributed by atoms with van der Waals surface area (Å²) in [5.41, 5.74) is 1.08. The number of hydrogen-bond donors (Lipinski definition) is 1. The summed E-state index contributed by atoms with van der Waals surface area (Å²) in [6.45, 7) is 6.80. The lowest BCUT2D eigenvalue weighted by molar-refractivity contribution is 0.396. The Hall–Kier alpha value is -0.890. The molecule has 2 rings (SSSR count). The molecule has 0 saturated carbocycles. The second kappa shape index (κ2) is 10.1. The molecule has 23 heavy (non-hydrogen) atoms. The Morgan fingerprint density at radius 2 is 2.09 bits per heavy atom. The van der Waals surface area contributed by atoms with E-state index in [0.29, 0.717) is 5.92 Å². The molecule has 0 bridgehead atoms. The van der Waals surface area contributed by atoms with Crippen LogP contribution in [0.2, 0.25) is 0 Å². The Kier molecular flexibility index (Phi) is 8.83. The highest BCUT2D eigenvalue weighted by Gasteiger charge is 2.19. The number of nitrogens with zero attached hydrogens (tertiary/aromatic N) is 3. The molecule has 1 N–H and O–H groups in total. The fourth-order valence-electron chi connectivity index (χ4n) is 2.80. The van der Waals surface area contributed by atoms with E-state index >= 15 is 0 Å². The van der Waals surface area contributed by atoms with Gasteiger partial charge < -0.3 is 15.1 Å². The summed E-state index contributed by atoms with van der Waals surface area (Å²) in [6.07, 6.45) is 1.22. The first-order valence-corrected chi connectivity index (χ1v) is 8.01. The molecule has 1 aliphatic heterocycles. The van der Waals surface area contributed by atoms with E-state index in [2.05, 4.69) is 29.1 Å². The average molecular weight is 434 g/mol. The highest BCUT2D eigenvalue weighted by Crippen LogP contribution is 2.14. The van der Waals surface area contributed by atoms with Crippen LogP contribution in [0.1, 0.15) is 18.9 Å². The van der Waals surface area contributed by atoms with E-state index in [1.807, 2.05) is 19.2 Å². The van der Waals surface area contributed by atoms with Crippen LogP contribution in [0.4, 0.5) is 4.39 Å². The molecule has 0 amide bonds. The first kappa shape index (κ1) is 20.2. The second-order valence-electron chi connectivity index (χ2n) is 6.09. The Balaban J connectivity index is 0.00000264. The lowest BCUT2D eigenvalue weighted by Gasteiger charge is -2.22. The van der Waals surface area contributed by atoms with E-state index < -0.39 is 0 Å². The standard InChI is InChI=1S/C17H27FN4.HI/c1-4-19-17(20-11-15-9-10-21(2)12-15)22(3)13-14-5-7-16(18)8-6-14;/h5-8,15H,4,9-13H2,1-3H3,(H,19,20);1H. The van der Waals surface area contributed by atoms with Gasteiger partial charge in [0, 0.05) is 33.2 Å². The van der Waals surface area contributed by atoms with E-state index in [1.165, 1.54) is 25.1 Å². The molecule has 1 aromatic carbocycles. The molecule has 1 heterocycles. The summed E-state index contributed by atoms with van der Waals surface area (Å²) in [5.74, 6) is 1.37. The minimum atomic E-state index is -0.197. The predicted octanol–water partition coefficient (Wildman–Crippen LogP) is 2.79. The maximum atomic E-state index is 13.0. The molecule has 130 valence electrons. The van der Waals surface area contributed by atoms with Crippen molar-refractivity contribution in [2.45, 2.75) is 19.9 Å². The summed E-state index contributed by atoms with van der Waals surface area (Å²) < 4.78 is 13.0. The van der Waals surface area contributed by atoms with Gasteiger partial charge in [-0.25, -0.2) is 4.39 Å². The van der Waals surface area contributed by atoms with Crippen molar-refractivity contribution in [1.29, 1.82) is 0 Å². The van der Waals surface area contributed by atoms with E-state index in [-0.39, 0.29) is 29.8 Å². The third kappa shape index (κ3) is 6.63. The van der Waals surface area contributed by atoms with Crippen molar-refractivity contribution in [1.82, 2.24) is 15.1 Å². The Morgan fingerprint density at radius 1 is 1.39 bits per heavy atom. The molecule has 6 heteroatoms. The van der Waals surface area contributed by atoms with Crippen molar-refractivity contribution in [3.05, 3.63) is 35.6 Å². The van der Waals surface area contributed by atoms with Crippen molar-refractivity contribution in [3.63, 3.8) is 0 Å². The van der Waals surface area contributed by atoms with Gasteiger partial charge in [0.05, 0.1) is 0 Å². The Bertz CT molecular complexity index is 492. The third-order valence-corrected chi connectivity index (χ3v) is 4.02. The van der Waals surface area contributed by atoms with Crippen LogP contribution >= 0.6 is 24.0 Å². The van der Waals surface area contributed by atoms with Gasteiger partial charge in [-0.1, -0.05) is 12.1 Å². The van der Waals surface area contributed by atoms with Crippen molar-refractivity contribution in [2.24, 2.45) is 10.9 Å². The largest absolute Gasteiger partial charge is 0.357 e. The van der Waals surface area contributed by atoms with Gasteiger partial charge in [-0.15, -0.1) is 24.0 Å². The lowest BCUT2D eigenvalue weighted by Crippen LogP contribution is -2.38. The number of aliphatic imine (C=N–C) groups is 1. The number of rotatable bonds is 5. The fraction of sp³-hybridized carbons (Fsp3) is 0.588. The molecular formula is C17H28FIN4. The van der Waals surface area contributed by atoms with Crippen LogP contribution < -0.4 is 5.32 Å². The molecule has 1 aliphatic rings. The van der Waals surface area contributed by atoms with Crippen LogP contribution in [0.25, 0.3) is 0 Å². The molecule has 1 atom stereocenters. The second-order valence-corrected chi connectivity index (χ2v) is 6.09. The minimum absolute atomic E-state index is 0. The zero-order chi connectivity index (χ0) is 15.9. The number of likely N-dealkylation sites (tertiary alicyclic amines) is 1. The molecule has 1 aromatic rings. The number of guanidine groups is 1. The highest BCUT2D eigenvalue weighted by molar-refractivity contribution is 14.0. The van der Waals surface area contributed by atoms with Gasteiger partial charge in [-0.3, -0.25) is 4.99 Å². The van der Waals surface area contributed by atoms with Gasteiger partial charge in [0.1, 0.15) is 5.82 Å². The number of halogens is 2. The van der Waals surface area contributed by atoms with Gasteiger partial charge in [-0.05, 0) is 50.6 Å². The smallest absolute Gasteiger partial charge is 0.193 e. The Labute approximate surface area is 156 Å². The van der Waals surface area contributed by atoms with Crippen LogP contribution in [0.15, 0.2) is 29.3 Å². The molecule has 0 radical (unpaired) electrons. The van der Waals surface area contributed by atoms with Crippen molar-refractivity contribution in [3.8, 4) is 0 Å². The average Bonchev–Trinajstić information content (AvgIpc) is 2.91.